The van der Waals surface area contributed by atoms with Gasteiger partial charge in [0.1, 0.15) is 0 Å². The largest absolute Gasteiger partial charge is 0.397 e. The van der Waals surface area contributed by atoms with Gasteiger partial charge in [-0.05, 0) is 60.4 Å². The van der Waals surface area contributed by atoms with Gasteiger partial charge < -0.3 is 30.7 Å². The van der Waals surface area contributed by atoms with E-state index >= 15 is 0 Å². The molecule has 0 spiro atoms. The number of nitrogens with two attached hydrogens (primary N) is 1. The molecule has 3 aliphatic heterocycles. The van der Waals surface area contributed by atoms with Gasteiger partial charge in [0.2, 0.25) is 11.8 Å². The van der Waals surface area contributed by atoms with Crippen LogP contribution in [0.5, 0.6) is 0 Å². The van der Waals surface area contributed by atoms with E-state index in [1.165, 1.54) is 0 Å². The molecule has 0 aliphatic carbocycles. The number of nitrogen functional groups attached to an aromatic ring is 1. The number of carbonyl (C=O) groups is 3. The predicted octanol–water partition coefficient (Wildman–Crippen LogP) is 4.88. The molecule has 0 saturated carbocycles. The van der Waals surface area contributed by atoms with E-state index in [-0.39, 0.29) is 30.3 Å². The van der Waals surface area contributed by atoms with Gasteiger partial charge in [0.25, 0.3) is 0 Å². The molecule has 1 aromatic carbocycles. The average molecular weight is 650 g/mol. The van der Waals surface area contributed by atoms with Crippen LogP contribution < -0.4 is 16.0 Å². The molecule has 4 amide bonds. The minimum atomic E-state index is -0.517. The minimum absolute atomic E-state index is 0.00448. The summed E-state index contributed by atoms with van der Waals surface area (Å²) >= 11 is 8.07. The maximum Gasteiger partial charge on any atom is 0.322 e. The molecule has 45 heavy (non-hydrogen) atoms. The van der Waals surface area contributed by atoms with Gasteiger partial charge in [0.05, 0.1) is 28.9 Å². The van der Waals surface area contributed by atoms with Gasteiger partial charge in [-0.3, -0.25) is 14.6 Å². The number of likely N-dealkylation sites (tertiary alicyclic amines) is 1. The fraction of sp³-hybridized carbons (Fsp3) is 0.455. The number of rotatable bonds is 8. The molecule has 1 atom stereocenters. The molecule has 5 heterocycles. The van der Waals surface area contributed by atoms with Gasteiger partial charge in [-0.25, -0.2) is 4.79 Å². The van der Waals surface area contributed by atoms with Crippen LogP contribution in [0.2, 0.25) is 5.02 Å². The summed E-state index contributed by atoms with van der Waals surface area (Å²) in [5.74, 6) is -0.546. The molecule has 3 aliphatic rings. The summed E-state index contributed by atoms with van der Waals surface area (Å²) < 4.78 is 0. The molecule has 10 nitrogen and oxygen atoms in total. The van der Waals surface area contributed by atoms with Crippen molar-refractivity contribution in [2.45, 2.75) is 51.6 Å². The topological polar surface area (TPSA) is 115 Å². The number of piperidine rings is 1. The van der Waals surface area contributed by atoms with Crippen LogP contribution in [0, 0.1) is 5.92 Å². The van der Waals surface area contributed by atoms with Crippen molar-refractivity contribution in [3.8, 4) is 0 Å². The number of hydrogen-bond acceptors (Lipinski definition) is 7. The monoisotopic (exact) mass is 649 g/mol. The summed E-state index contributed by atoms with van der Waals surface area (Å²) in [6, 6.07) is 7.80. The number of halogens is 1. The molecular weight excluding hydrogens is 610 g/mol. The predicted molar refractivity (Wildman–Crippen MR) is 179 cm³/mol. The summed E-state index contributed by atoms with van der Waals surface area (Å²) in [6.07, 6.45) is 6.24. The number of urea groups is 1. The van der Waals surface area contributed by atoms with Crippen molar-refractivity contribution in [1.82, 2.24) is 19.7 Å². The first-order valence-electron chi connectivity index (χ1n) is 15.7. The van der Waals surface area contributed by atoms with Crippen molar-refractivity contribution in [1.29, 1.82) is 0 Å². The Bertz CT molecular complexity index is 1530. The number of carbonyl (C=O) groups excluding carboxylic acids is 3. The zero-order chi connectivity index (χ0) is 31.5. The van der Waals surface area contributed by atoms with E-state index in [2.05, 4.69) is 20.6 Å². The molecule has 3 N–H and O–H groups in total. The number of hydrogen-bond donors (Lipinski definition) is 2. The van der Waals surface area contributed by atoms with Crippen LogP contribution in [0.25, 0.3) is 0 Å². The first kappa shape index (κ1) is 31.2. The summed E-state index contributed by atoms with van der Waals surface area (Å²) in [7, 11) is 0. The highest BCUT2D eigenvalue weighted by Crippen LogP contribution is 2.32. The van der Waals surface area contributed by atoms with Crippen molar-refractivity contribution in [2.75, 3.05) is 55.2 Å². The second-order valence-electron chi connectivity index (χ2n) is 12.1. The Morgan fingerprint density at radius 3 is 2.51 bits per heavy atom. The maximum absolute atomic E-state index is 14.1. The number of benzene rings is 1. The third kappa shape index (κ3) is 6.89. The quantitative estimate of drug-likeness (QED) is 0.336. The van der Waals surface area contributed by atoms with Crippen LogP contribution in [0.4, 0.5) is 21.9 Å². The minimum Gasteiger partial charge on any atom is -0.397 e. The number of amides is 4. The third-order valence-electron chi connectivity index (χ3n) is 9.37. The lowest BCUT2D eigenvalue weighted by atomic mass is 9.91. The van der Waals surface area contributed by atoms with Crippen LogP contribution in [0.1, 0.15) is 42.9 Å². The Morgan fingerprint density at radius 2 is 1.80 bits per heavy atom. The van der Waals surface area contributed by atoms with E-state index in [9.17, 15) is 14.4 Å². The molecule has 12 heteroatoms. The Kier molecular flexibility index (Phi) is 9.46. The standard InChI is InChI=1S/C33H40ClN7O3S/c1-2-23-15-22(17-28(34)31(23)35)16-24(32(43)40-13-11-38(12-14-40)26-3-7-36-8-4-26)18-30(42)39-9-5-27(6-10-39)41-19-25-20-45-21-29(25)37-33(41)44/h3-4,7-8,15,17,20-21,24,27H,2,5-6,9-14,16,18-19,35H2,1H3,(H,37,44)/t24-/m0/s1. The number of aryl methyl sites for hydroxylation is 1. The number of nitrogens with one attached hydrogen (secondary N) is 1. The zero-order valence-electron chi connectivity index (χ0n) is 25.6. The van der Waals surface area contributed by atoms with Crippen LogP contribution in [-0.4, -0.2) is 82.8 Å². The summed E-state index contributed by atoms with van der Waals surface area (Å²) in [5.41, 5.74) is 11.7. The second-order valence-corrected chi connectivity index (χ2v) is 13.3. The van der Waals surface area contributed by atoms with Gasteiger partial charge in [0.15, 0.2) is 0 Å². The molecule has 2 aromatic heterocycles. The van der Waals surface area contributed by atoms with Crippen molar-refractivity contribution in [3.05, 3.63) is 69.1 Å². The highest BCUT2D eigenvalue weighted by molar-refractivity contribution is 7.08. The van der Waals surface area contributed by atoms with Crippen molar-refractivity contribution < 1.29 is 14.4 Å². The molecule has 0 radical (unpaired) electrons. The van der Waals surface area contributed by atoms with E-state index in [0.29, 0.717) is 75.8 Å². The van der Waals surface area contributed by atoms with Crippen LogP contribution in [0.15, 0.2) is 47.4 Å². The lowest BCUT2D eigenvalue weighted by Gasteiger charge is -2.40. The zero-order valence-corrected chi connectivity index (χ0v) is 27.2. The highest BCUT2D eigenvalue weighted by atomic mass is 35.5. The van der Waals surface area contributed by atoms with Crippen LogP contribution in [-0.2, 0) is 29.0 Å². The number of thiophene rings is 1. The van der Waals surface area contributed by atoms with Gasteiger partial charge in [-0.1, -0.05) is 24.6 Å². The third-order valence-corrected chi connectivity index (χ3v) is 10.5. The molecule has 0 bridgehead atoms. The van der Waals surface area contributed by atoms with Gasteiger partial charge in [0, 0.05) is 80.8 Å². The molecule has 2 fully saturated rings. The smallest absolute Gasteiger partial charge is 0.322 e. The van der Waals surface area contributed by atoms with Crippen molar-refractivity contribution in [2.24, 2.45) is 5.92 Å². The number of pyridine rings is 1. The molecule has 0 unspecified atom stereocenters. The first-order valence-corrected chi connectivity index (χ1v) is 17.0. The van der Waals surface area contributed by atoms with Gasteiger partial charge in [-0.15, -0.1) is 11.3 Å². The summed E-state index contributed by atoms with van der Waals surface area (Å²) in [6.45, 7) is 6.34. The SMILES string of the molecule is CCc1cc(C[C@@H](CC(=O)N2CCC(N3Cc4cscc4NC3=O)CC2)C(=O)N2CCN(c3ccncc3)CC2)cc(Cl)c1N. The van der Waals surface area contributed by atoms with E-state index < -0.39 is 5.92 Å². The normalized spacial score (nSPS) is 18.0. The molecular formula is C33H40ClN7O3S. The fourth-order valence-electron chi connectivity index (χ4n) is 6.74. The number of piperazine rings is 1. The molecule has 238 valence electrons. The summed E-state index contributed by atoms with van der Waals surface area (Å²) in [4.78, 5) is 52.6. The van der Waals surface area contributed by atoms with Crippen LogP contribution >= 0.6 is 22.9 Å². The van der Waals surface area contributed by atoms with Crippen LogP contribution in [0.3, 0.4) is 0 Å². The van der Waals surface area contributed by atoms with E-state index in [0.717, 1.165) is 34.5 Å². The van der Waals surface area contributed by atoms with E-state index in [1.54, 1.807) is 23.7 Å². The Morgan fingerprint density at radius 1 is 1.07 bits per heavy atom. The van der Waals surface area contributed by atoms with Gasteiger partial charge >= 0.3 is 6.03 Å². The molecule has 3 aromatic rings. The Hall–Kier alpha value is -3.83. The first-order chi connectivity index (χ1) is 21.8. The lowest BCUT2D eigenvalue weighted by Crippen LogP contribution is -2.52. The maximum atomic E-state index is 14.1. The number of aromatic nitrogens is 1. The number of fused-ring (bicyclic) bond motifs is 1. The van der Waals surface area contributed by atoms with Gasteiger partial charge in [-0.2, -0.15) is 0 Å². The fourth-order valence-corrected chi connectivity index (χ4v) is 7.78. The number of anilines is 3. The Balaban J connectivity index is 1.12. The average Bonchev–Trinajstić information content (AvgIpc) is 3.53. The van der Waals surface area contributed by atoms with E-state index in [1.807, 2.05) is 51.3 Å². The molecule has 2 saturated heterocycles. The lowest BCUT2D eigenvalue weighted by molar-refractivity contribution is -0.142. The number of nitrogens with zero attached hydrogens (tertiary/aromatic N) is 5. The van der Waals surface area contributed by atoms with E-state index in [4.69, 9.17) is 17.3 Å². The van der Waals surface area contributed by atoms with Crippen molar-refractivity contribution >= 4 is 57.8 Å². The molecule has 6 rings (SSSR count). The Labute approximate surface area is 273 Å². The highest BCUT2D eigenvalue weighted by Gasteiger charge is 2.35. The summed E-state index contributed by atoms with van der Waals surface area (Å²) in [5, 5.41) is 7.51. The van der Waals surface area contributed by atoms with Crippen molar-refractivity contribution in [3.63, 3.8) is 0 Å². The second kappa shape index (κ2) is 13.7.